The lowest BCUT2D eigenvalue weighted by Crippen LogP contribution is -2.23. The smallest absolute Gasteiger partial charge is 0.229 e. The first-order chi connectivity index (χ1) is 12.2. The maximum atomic E-state index is 12.1. The van der Waals surface area contributed by atoms with Gasteiger partial charge >= 0.3 is 0 Å². The highest BCUT2D eigenvalue weighted by Crippen LogP contribution is 2.17. The molecule has 10 heteroatoms. The topological polar surface area (TPSA) is 110 Å². The lowest BCUT2D eigenvalue weighted by atomic mass is 10.1. The predicted molar refractivity (Wildman–Crippen MR) is 97.3 cm³/mol. The van der Waals surface area contributed by atoms with Gasteiger partial charge in [-0.15, -0.1) is 10.2 Å². The van der Waals surface area contributed by atoms with Crippen molar-refractivity contribution in [2.45, 2.75) is 40.2 Å². The van der Waals surface area contributed by atoms with Crippen molar-refractivity contribution in [1.82, 2.24) is 24.9 Å². The lowest BCUT2D eigenvalue weighted by Gasteiger charge is -2.07. The number of ketones is 1. The van der Waals surface area contributed by atoms with Crippen LogP contribution in [-0.4, -0.2) is 56.6 Å². The third-order valence-electron chi connectivity index (χ3n) is 3.80. The highest BCUT2D eigenvalue weighted by molar-refractivity contribution is 7.15. The third-order valence-corrected chi connectivity index (χ3v) is 4.64. The maximum absolute atomic E-state index is 12.1. The Balaban J connectivity index is 1.92. The van der Waals surface area contributed by atoms with E-state index in [1.54, 1.807) is 25.7 Å². The van der Waals surface area contributed by atoms with E-state index in [2.05, 4.69) is 20.6 Å². The molecule has 2 amide bonds. The number of nitrogens with one attached hydrogen (secondary N) is 1. The fourth-order valence-electron chi connectivity index (χ4n) is 2.48. The number of aryl methyl sites for hydroxylation is 2. The second kappa shape index (κ2) is 8.17. The van der Waals surface area contributed by atoms with Gasteiger partial charge in [0.15, 0.2) is 5.78 Å². The number of Topliss-reactive ketones (excluding diaryl/α,β-unsaturated/α-hetero) is 1. The van der Waals surface area contributed by atoms with E-state index in [4.69, 9.17) is 0 Å². The molecule has 0 saturated heterocycles. The fraction of sp³-hybridized carbons (Fsp3) is 0.500. The molecule has 0 saturated carbocycles. The summed E-state index contributed by atoms with van der Waals surface area (Å²) in [4.78, 5) is 36.9. The number of carbonyl (C=O) groups is 3. The summed E-state index contributed by atoms with van der Waals surface area (Å²) in [7, 11) is 3.34. The minimum atomic E-state index is -0.233. The minimum absolute atomic E-state index is 0.0376. The first-order valence-corrected chi connectivity index (χ1v) is 8.88. The first kappa shape index (κ1) is 19.7. The van der Waals surface area contributed by atoms with Gasteiger partial charge in [-0.25, -0.2) is 0 Å². The van der Waals surface area contributed by atoms with E-state index < -0.39 is 0 Å². The van der Waals surface area contributed by atoms with Crippen LogP contribution >= 0.6 is 11.3 Å². The highest BCUT2D eigenvalue weighted by atomic mass is 32.1. The molecule has 2 heterocycles. The number of nitrogens with zero attached hydrogens (tertiary/aromatic N) is 5. The highest BCUT2D eigenvalue weighted by Gasteiger charge is 2.16. The predicted octanol–water partition coefficient (Wildman–Crippen LogP) is 1.21. The molecule has 0 radical (unpaired) electrons. The normalized spacial score (nSPS) is 10.7. The molecule has 2 aromatic heterocycles. The summed E-state index contributed by atoms with van der Waals surface area (Å²) < 4.78 is 1.66. The molecule has 0 aromatic carbocycles. The molecule has 0 aliphatic carbocycles. The SMILES string of the molecule is CC(=O)c1c(C)nn(CCC(=O)Nc2nnc(CC(=O)N(C)C)s2)c1C. The van der Waals surface area contributed by atoms with Gasteiger partial charge in [0.05, 0.1) is 17.7 Å². The van der Waals surface area contributed by atoms with Gasteiger partial charge < -0.3 is 10.2 Å². The number of hydrogen-bond donors (Lipinski definition) is 1. The largest absolute Gasteiger partial charge is 0.348 e. The number of aromatic nitrogens is 4. The van der Waals surface area contributed by atoms with Gasteiger partial charge in [0, 0.05) is 32.8 Å². The molecular weight excluding hydrogens is 356 g/mol. The van der Waals surface area contributed by atoms with Crippen LogP contribution in [0.1, 0.15) is 40.1 Å². The molecule has 1 N–H and O–H groups in total. The molecular formula is C16H22N6O3S. The molecule has 140 valence electrons. The lowest BCUT2D eigenvalue weighted by molar-refractivity contribution is -0.128. The Labute approximate surface area is 155 Å². The molecule has 0 aliphatic heterocycles. The summed E-state index contributed by atoms with van der Waals surface area (Å²) in [5.41, 5.74) is 2.02. The summed E-state index contributed by atoms with van der Waals surface area (Å²) in [5.74, 6) is -0.349. The fourth-order valence-corrected chi connectivity index (χ4v) is 3.22. The second-order valence-corrected chi connectivity index (χ2v) is 7.15. The van der Waals surface area contributed by atoms with Crippen LogP contribution in [0.4, 0.5) is 5.13 Å². The van der Waals surface area contributed by atoms with Gasteiger partial charge in [0.25, 0.3) is 0 Å². The van der Waals surface area contributed by atoms with Crippen LogP contribution in [0.25, 0.3) is 0 Å². The van der Waals surface area contributed by atoms with Crippen molar-refractivity contribution in [3.05, 3.63) is 22.0 Å². The van der Waals surface area contributed by atoms with Crippen molar-refractivity contribution in [2.24, 2.45) is 0 Å². The van der Waals surface area contributed by atoms with Crippen molar-refractivity contribution in [3.63, 3.8) is 0 Å². The molecule has 0 atom stereocenters. The van der Waals surface area contributed by atoms with E-state index in [-0.39, 0.29) is 30.4 Å². The van der Waals surface area contributed by atoms with E-state index in [1.807, 2.05) is 6.92 Å². The third kappa shape index (κ3) is 4.72. The zero-order valence-corrected chi connectivity index (χ0v) is 16.3. The van der Waals surface area contributed by atoms with Crippen LogP contribution in [0.2, 0.25) is 0 Å². The van der Waals surface area contributed by atoms with Crippen molar-refractivity contribution >= 4 is 34.1 Å². The Morgan fingerprint density at radius 3 is 2.46 bits per heavy atom. The van der Waals surface area contributed by atoms with E-state index in [9.17, 15) is 14.4 Å². The van der Waals surface area contributed by atoms with E-state index >= 15 is 0 Å². The van der Waals surface area contributed by atoms with Crippen molar-refractivity contribution in [1.29, 1.82) is 0 Å². The van der Waals surface area contributed by atoms with Gasteiger partial charge in [-0.2, -0.15) is 5.10 Å². The van der Waals surface area contributed by atoms with Crippen LogP contribution in [-0.2, 0) is 22.6 Å². The summed E-state index contributed by atoms with van der Waals surface area (Å²) in [5, 5.41) is 15.7. The van der Waals surface area contributed by atoms with Gasteiger partial charge in [0.1, 0.15) is 5.01 Å². The molecule has 0 spiro atoms. The molecule has 9 nitrogen and oxygen atoms in total. The van der Waals surface area contributed by atoms with E-state index in [0.717, 1.165) is 5.69 Å². The average Bonchev–Trinajstić information content (AvgIpc) is 3.09. The Kier molecular flexibility index (Phi) is 6.19. The average molecular weight is 378 g/mol. The van der Waals surface area contributed by atoms with Crippen molar-refractivity contribution in [2.75, 3.05) is 19.4 Å². The number of rotatable bonds is 7. The molecule has 0 unspecified atom stereocenters. The number of amides is 2. The van der Waals surface area contributed by atoms with Crippen LogP contribution in [0.15, 0.2) is 0 Å². The first-order valence-electron chi connectivity index (χ1n) is 8.06. The Bertz CT molecular complexity index is 839. The van der Waals surface area contributed by atoms with Crippen molar-refractivity contribution < 1.29 is 14.4 Å². The number of hydrogen-bond acceptors (Lipinski definition) is 7. The Morgan fingerprint density at radius 1 is 1.19 bits per heavy atom. The van der Waals surface area contributed by atoms with Crippen molar-refractivity contribution in [3.8, 4) is 0 Å². The zero-order valence-electron chi connectivity index (χ0n) is 15.5. The molecule has 2 rings (SSSR count). The Hall–Kier alpha value is -2.62. The summed E-state index contributed by atoms with van der Waals surface area (Å²) in [6, 6.07) is 0. The van der Waals surface area contributed by atoms with Crippen LogP contribution in [0.5, 0.6) is 0 Å². The minimum Gasteiger partial charge on any atom is -0.348 e. The van der Waals surface area contributed by atoms with Gasteiger partial charge in [0.2, 0.25) is 16.9 Å². The van der Waals surface area contributed by atoms with E-state index in [1.165, 1.54) is 23.2 Å². The standard InChI is InChI=1S/C16H22N6O3S/c1-9-15(11(3)23)10(2)22(20-9)7-6-12(24)17-16-19-18-13(26-16)8-14(25)21(4)5/h6-8H2,1-5H3,(H,17,19,24). The molecule has 0 bridgehead atoms. The second-order valence-electron chi connectivity index (χ2n) is 6.09. The quantitative estimate of drug-likeness (QED) is 0.725. The molecule has 0 fully saturated rings. The summed E-state index contributed by atoms with van der Waals surface area (Å²) in [6.45, 7) is 5.45. The number of carbonyl (C=O) groups excluding carboxylic acids is 3. The van der Waals surface area contributed by atoms with Crippen LogP contribution < -0.4 is 5.32 Å². The maximum Gasteiger partial charge on any atom is 0.229 e. The Morgan fingerprint density at radius 2 is 1.88 bits per heavy atom. The summed E-state index contributed by atoms with van der Waals surface area (Å²) >= 11 is 1.17. The molecule has 0 aliphatic rings. The zero-order chi connectivity index (χ0) is 19.4. The van der Waals surface area contributed by atoms with Crippen LogP contribution in [0, 0.1) is 13.8 Å². The molecule has 26 heavy (non-hydrogen) atoms. The van der Waals surface area contributed by atoms with Crippen LogP contribution in [0.3, 0.4) is 0 Å². The number of likely N-dealkylation sites (N-methyl/N-ethyl adjacent to an activating group) is 1. The van der Waals surface area contributed by atoms with Gasteiger partial charge in [-0.05, 0) is 20.8 Å². The monoisotopic (exact) mass is 378 g/mol. The van der Waals surface area contributed by atoms with Gasteiger partial charge in [-0.1, -0.05) is 11.3 Å². The molecule has 2 aromatic rings. The number of anilines is 1. The van der Waals surface area contributed by atoms with Gasteiger partial charge in [-0.3, -0.25) is 19.1 Å². The summed E-state index contributed by atoms with van der Waals surface area (Å²) in [6.07, 6.45) is 0.338. The van der Waals surface area contributed by atoms with E-state index in [0.29, 0.717) is 27.9 Å².